The fraction of sp³-hybridized carbons (Fsp3) is 0.583. The minimum absolute atomic E-state index is 0.0284. The average Bonchev–Trinajstić information content (AvgIpc) is 2.85. The summed E-state index contributed by atoms with van der Waals surface area (Å²) in [6.45, 7) is 2.23. The summed E-state index contributed by atoms with van der Waals surface area (Å²) in [5.41, 5.74) is 0.0284. The molecule has 0 radical (unpaired) electrons. The molecule has 3 N–H and O–H groups in total. The molecule has 2 unspecified atom stereocenters. The molecule has 0 aliphatic carbocycles. The van der Waals surface area contributed by atoms with Gasteiger partial charge in [0.15, 0.2) is 5.69 Å². The van der Waals surface area contributed by atoms with Gasteiger partial charge in [0.05, 0.1) is 5.01 Å². The molecule has 2 atom stereocenters. The molecule has 7 nitrogen and oxygen atoms in total. The van der Waals surface area contributed by atoms with Crippen molar-refractivity contribution in [1.29, 1.82) is 0 Å². The molecule has 1 heterocycles. The first-order valence-corrected chi connectivity index (χ1v) is 9.01. The highest BCUT2D eigenvalue weighted by Crippen LogP contribution is 2.09. The highest BCUT2D eigenvalue weighted by atomic mass is 32.2. The number of aromatic nitrogens is 1. The largest absolute Gasteiger partial charge is 0.476 e. The second-order valence-corrected chi connectivity index (χ2v) is 7.05. The highest BCUT2D eigenvalue weighted by molar-refractivity contribution is 7.84. The van der Waals surface area contributed by atoms with Crippen LogP contribution < -0.4 is 10.6 Å². The molecule has 0 saturated carbocycles. The van der Waals surface area contributed by atoms with Crippen molar-refractivity contribution >= 4 is 34.1 Å². The van der Waals surface area contributed by atoms with Gasteiger partial charge in [0, 0.05) is 47.2 Å². The molecular weight excluding hydrogens is 314 g/mol. The molecule has 9 heteroatoms. The molecule has 0 bridgehead atoms. The summed E-state index contributed by atoms with van der Waals surface area (Å²) < 4.78 is 10.9. The number of carbonyl (C=O) groups is 2. The predicted octanol–water partition coefficient (Wildman–Crippen LogP) is 0.840. The van der Waals surface area contributed by atoms with Crippen LogP contribution in [0.2, 0.25) is 0 Å². The van der Waals surface area contributed by atoms with Gasteiger partial charge >= 0.3 is 12.0 Å². The van der Waals surface area contributed by atoms with E-state index in [1.165, 1.54) is 16.7 Å². The lowest BCUT2D eigenvalue weighted by Crippen LogP contribution is -2.41. The minimum Gasteiger partial charge on any atom is -0.476 e. The number of thiazole rings is 1. The predicted molar refractivity (Wildman–Crippen MR) is 82.3 cm³/mol. The SMILES string of the molecule is CC(CCS(C)=O)NC(=O)NCCc1nc(C(=O)O)cs1. The van der Waals surface area contributed by atoms with Gasteiger partial charge in [0.2, 0.25) is 0 Å². The van der Waals surface area contributed by atoms with Crippen LogP contribution in [0.4, 0.5) is 4.79 Å². The van der Waals surface area contributed by atoms with Crippen molar-refractivity contribution in [2.45, 2.75) is 25.8 Å². The van der Waals surface area contributed by atoms with E-state index in [0.717, 1.165) is 0 Å². The summed E-state index contributed by atoms with van der Waals surface area (Å²) in [7, 11) is -0.859. The highest BCUT2D eigenvalue weighted by Gasteiger charge is 2.10. The van der Waals surface area contributed by atoms with Crippen molar-refractivity contribution in [2.24, 2.45) is 0 Å². The van der Waals surface area contributed by atoms with Crippen molar-refractivity contribution in [2.75, 3.05) is 18.6 Å². The van der Waals surface area contributed by atoms with Gasteiger partial charge in [-0.2, -0.15) is 0 Å². The van der Waals surface area contributed by atoms with E-state index in [-0.39, 0.29) is 17.8 Å². The Kier molecular flexibility index (Phi) is 7.30. The molecule has 0 spiro atoms. The van der Waals surface area contributed by atoms with Crippen LogP contribution in [-0.2, 0) is 17.2 Å². The summed E-state index contributed by atoms with van der Waals surface area (Å²) in [5, 5.41) is 16.3. The van der Waals surface area contributed by atoms with E-state index in [1.54, 1.807) is 6.26 Å². The minimum atomic E-state index is -1.05. The van der Waals surface area contributed by atoms with Crippen molar-refractivity contribution in [3.63, 3.8) is 0 Å². The second-order valence-electron chi connectivity index (χ2n) is 4.55. The van der Waals surface area contributed by atoms with Crippen molar-refractivity contribution in [3.05, 3.63) is 16.1 Å². The summed E-state index contributed by atoms with van der Waals surface area (Å²) in [6.07, 6.45) is 2.77. The Balaban J connectivity index is 2.23. The third kappa shape index (κ3) is 7.19. The standard InChI is InChI=1S/C12H19N3O4S2/c1-8(4-6-21(2)19)14-12(18)13-5-3-10-15-9(7-20-10)11(16)17/h7-8H,3-6H2,1-2H3,(H,16,17)(H2,13,14,18). The Labute approximate surface area is 129 Å². The number of carboxylic acids is 1. The Bertz CT molecular complexity index is 518. The lowest BCUT2D eigenvalue weighted by atomic mass is 10.3. The monoisotopic (exact) mass is 333 g/mol. The topological polar surface area (TPSA) is 108 Å². The number of nitrogens with zero attached hydrogens (tertiary/aromatic N) is 1. The molecule has 0 fully saturated rings. The molecule has 0 aromatic carbocycles. The maximum atomic E-state index is 11.6. The number of nitrogens with one attached hydrogen (secondary N) is 2. The molecular formula is C12H19N3O4S2. The molecule has 2 amide bonds. The molecule has 0 aliphatic heterocycles. The van der Waals surface area contributed by atoms with Crippen LogP contribution in [0.5, 0.6) is 0 Å². The van der Waals surface area contributed by atoms with Crippen LogP contribution in [0.15, 0.2) is 5.38 Å². The van der Waals surface area contributed by atoms with Gasteiger partial charge in [0.1, 0.15) is 0 Å². The van der Waals surface area contributed by atoms with Crippen LogP contribution in [0, 0.1) is 0 Å². The Morgan fingerprint density at radius 2 is 2.24 bits per heavy atom. The van der Waals surface area contributed by atoms with Gasteiger partial charge in [-0.1, -0.05) is 0 Å². The van der Waals surface area contributed by atoms with Crippen LogP contribution >= 0.6 is 11.3 Å². The number of hydrogen-bond donors (Lipinski definition) is 3. The normalized spacial score (nSPS) is 13.4. The zero-order valence-corrected chi connectivity index (χ0v) is 13.6. The van der Waals surface area contributed by atoms with E-state index in [9.17, 15) is 13.8 Å². The first-order valence-electron chi connectivity index (χ1n) is 6.40. The molecule has 21 heavy (non-hydrogen) atoms. The van der Waals surface area contributed by atoms with Crippen molar-refractivity contribution in [1.82, 2.24) is 15.6 Å². The lowest BCUT2D eigenvalue weighted by Gasteiger charge is -2.13. The van der Waals surface area contributed by atoms with Gasteiger partial charge in [-0.25, -0.2) is 14.6 Å². The van der Waals surface area contributed by atoms with E-state index >= 15 is 0 Å². The van der Waals surface area contributed by atoms with Gasteiger partial charge in [-0.15, -0.1) is 11.3 Å². The summed E-state index contributed by atoms with van der Waals surface area (Å²) in [5.74, 6) is -0.497. The second kappa shape index (κ2) is 8.73. The maximum Gasteiger partial charge on any atom is 0.355 e. The fourth-order valence-electron chi connectivity index (χ4n) is 1.50. The Morgan fingerprint density at radius 3 is 2.81 bits per heavy atom. The summed E-state index contributed by atoms with van der Waals surface area (Å²) in [4.78, 5) is 26.2. The smallest absolute Gasteiger partial charge is 0.355 e. The molecule has 118 valence electrons. The Morgan fingerprint density at radius 1 is 1.52 bits per heavy atom. The van der Waals surface area contributed by atoms with E-state index in [2.05, 4.69) is 15.6 Å². The fourth-order valence-corrected chi connectivity index (χ4v) is 2.95. The zero-order valence-electron chi connectivity index (χ0n) is 11.9. The number of aromatic carboxylic acids is 1. The van der Waals surface area contributed by atoms with Crippen molar-refractivity contribution in [3.8, 4) is 0 Å². The van der Waals surface area contributed by atoms with Crippen LogP contribution in [0.1, 0.15) is 28.8 Å². The third-order valence-electron chi connectivity index (χ3n) is 2.61. The van der Waals surface area contributed by atoms with Gasteiger partial charge < -0.3 is 15.7 Å². The quantitative estimate of drug-likeness (QED) is 0.653. The van der Waals surface area contributed by atoms with E-state index in [0.29, 0.717) is 30.1 Å². The number of rotatable bonds is 8. The lowest BCUT2D eigenvalue weighted by molar-refractivity contribution is 0.0691. The van der Waals surface area contributed by atoms with Crippen LogP contribution in [0.3, 0.4) is 0 Å². The number of hydrogen-bond acceptors (Lipinski definition) is 5. The molecule has 1 aromatic heterocycles. The molecule has 0 aliphatic rings. The third-order valence-corrected chi connectivity index (χ3v) is 4.33. The Hall–Kier alpha value is -1.48. The van der Waals surface area contributed by atoms with E-state index in [1.807, 2.05) is 6.92 Å². The zero-order chi connectivity index (χ0) is 15.8. The molecule has 1 rings (SSSR count). The first kappa shape index (κ1) is 17.6. The first-order chi connectivity index (χ1) is 9.88. The van der Waals surface area contributed by atoms with Gasteiger partial charge in [-0.3, -0.25) is 4.21 Å². The van der Waals surface area contributed by atoms with Crippen molar-refractivity contribution < 1.29 is 18.9 Å². The number of carboxylic acid groups (broad SMARTS) is 1. The van der Waals surface area contributed by atoms with E-state index in [4.69, 9.17) is 5.11 Å². The van der Waals surface area contributed by atoms with E-state index < -0.39 is 16.8 Å². The van der Waals surface area contributed by atoms with Gasteiger partial charge in [-0.05, 0) is 13.3 Å². The maximum absolute atomic E-state index is 11.6. The number of urea groups is 1. The molecule has 1 aromatic rings. The number of amides is 2. The molecule has 0 saturated heterocycles. The number of carbonyl (C=O) groups excluding carboxylic acids is 1. The van der Waals surface area contributed by atoms with Crippen LogP contribution in [-0.4, -0.2) is 50.9 Å². The van der Waals surface area contributed by atoms with Gasteiger partial charge in [0.25, 0.3) is 0 Å². The van der Waals surface area contributed by atoms with Crippen LogP contribution in [0.25, 0.3) is 0 Å². The summed E-state index contributed by atoms with van der Waals surface area (Å²) >= 11 is 1.26. The average molecular weight is 333 g/mol. The summed E-state index contributed by atoms with van der Waals surface area (Å²) in [6, 6.07) is -0.341.